The van der Waals surface area contributed by atoms with Crippen molar-refractivity contribution in [3.05, 3.63) is 65.2 Å². The van der Waals surface area contributed by atoms with Crippen LogP contribution in [0.4, 0.5) is 5.69 Å². The number of nitrogens with one attached hydrogen (secondary N) is 1. The number of carbonyl (C=O) groups is 1. The van der Waals surface area contributed by atoms with Gasteiger partial charge in [-0.1, -0.05) is 41.8 Å². The Labute approximate surface area is 113 Å². The minimum atomic E-state index is -0.0419. The largest absolute Gasteiger partial charge is 0.326 e. The lowest BCUT2D eigenvalue weighted by Gasteiger charge is -2.06. The van der Waals surface area contributed by atoms with E-state index in [4.69, 9.17) is 6.42 Å². The molecule has 1 amide bonds. The summed E-state index contributed by atoms with van der Waals surface area (Å²) >= 11 is 0. The van der Waals surface area contributed by atoms with E-state index in [1.807, 2.05) is 49.4 Å². The third-order valence-electron chi connectivity index (χ3n) is 2.76. The Hall–Kier alpha value is -2.53. The zero-order valence-electron chi connectivity index (χ0n) is 10.8. The fraction of sp³-hybridized carbons (Fsp3) is 0.118. The number of hydrogen-bond acceptors (Lipinski definition) is 1. The van der Waals surface area contributed by atoms with Crippen LogP contribution in [-0.4, -0.2) is 5.91 Å². The van der Waals surface area contributed by atoms with Crippen LogP contribution in [0.15, 0.2) is 48.5 Å². The van der Waals surface area contributed by atoms with Gasteiger partial charge in [-0.25, -0.2) is 0 Å². The predicted molar refractivity (Wildman–Crippen MR) is 77.9 cm³/mol. The molecule has 0 unspecified atom stereocenters. The first-order valence-electron chi connectivity index (χ1n) is 6.09. The van der Waals surface area contributed by atoms with Gasteiger partial charge in [0.15, 0.2) is 0 Å². The van der Waals surface area contributed by atoms with Gasteiger partial charge in [0.2, 0.25) is 5.91 Å². The second kappa shape index (κ2) is 5.88. The molecule has 2 nitrogen and oxygen atoms in total. The highest BCUT2D eigenvalue weighted by Crippen LogP contribution is 2.11. The molecule has 0 heterocycles. The zero-order valence-corrected chi connectivity index (χ0v) is 10.8. The number of carbonyl (C=O) groups excluding carboxylic acids is 1. The highest BCUT2D eigenvalue weighted by Gasteiger charge is 2.04. The Kier molecular flexibility index (Phi) is 4.00. The van der Waals surface area contributed by atoms with Crippen LogP contribution >= 0.6 is 0 Å². The molecule has 2 rings (SSSR count). The highest BCUT2D eigenvalue weighted by molar-refractivity contribution is 5.92. The topological polar surface area (TPSA) is 29.1 Å². The first-order chi connectivity index (χ1) is 9.17. The minimum absolute atomic E-state index is 0.0419. The predicted octanol–water partition coefficient (Wildman–Crippen LogP) is 3.16. The summed E-state index contributed by atoms with van der Waals surface area (Å²) in [5.41, 5.74) is 3.65. The van der Waals surface area contributed by atoms with Gasteiger partial charge in [-0.2, -0.15) is 0 Å². The van der Waals surface area contributed by atoms with Crippen LogP contribution in [0.5, 0.6) is 0 Å². The first kappa shape index (κ1) is 12.9. The van der Waals surface area contributed by atoms with Gasteiger partial charge in [-0.3, -0.25) is 4.79 Å². The van der Waals surface area contributed by atoms with E-state index in [1.54, 1.807) is 6.07 Å². The summed E-state index contributed by atoms with van der Waals surface area (Å²) < 4.78 is 0. The molecule has 0 spiro atoms. The van der Waals surface area contributed by atoms with E-state index in [0.29, 0.717) is 6.42 Å². The molecule has 0 atom stereocenters. The van der Waals surface area contributed by atoms with E-state index in [0.717, 1.165) is 22.4 Å². The normalized spacial score (nSPS) is 9.68. The van der Waals surface area contributed by atoms with E-state index < -0.39 is 0 Å². The fourth-order valence-corrected chi connectivity index (χ4v) is 1.90. The third kappa shape index (κ3) is 3.72. The van der Waals surface area contributed by atoms with Crippen LogP contribution in [0.2, 0.25) is 0 Å². The van der Waals surface area contributed by atoms with Crippen LogP contribution in [0.1, 0.15) is 16.7 Å². The molecular weight excluding hydrogens is 234 g/mol. The maximum absolute atomic E-state index is 11.9. The van der Waals surface area contributed by atoms with E-state index in [2.05, 4.69) is 11.2 Å². The van der Waals surface area contributed by atoms with Crippen LogP contribution in [0, 0.1) is 19.3 Å². The van der Waals surface area contributed by atoms with E-state index >= 15 is 0 Å². The summed E-state index contributed by atoms with van der Waals surface area (Å²) in [6.07, 6.45) is 5.69. The van der Waals surface area contributed by atoms with Crippen molar-refractivity contribution in [1.82, 2.24) is 0 Å². The van der Waals surface area contributed by atoms with Gasteiger partial charge in [0.1, 0.15) is 0 Å². The van der Waals surface area contributed by atoms with Crippen LogP contribution < -0.4 is 5.32 Å². The molecule has 0 radical (unpaired) electrons. The number of anilines is 1. The van der Waals surface area contributed by atoms with Gasteiger partial charge >= 0.3 is 0 Å². The van der Waals surface area contributed by atoms with Crippen molar-refractivity contribution in [3.8, 4) is 12.3 Å². The minimum Gasteiger partial charge on any atom is -0.326 e. The standard InChI is InChI=1S/C17H15NO/c1-3-14-7-5-9-16(11-14)18-17(19)12-15-8-4-6-13(2)10-15/h1,4-11H,12H2,2H3,(H,18,19). The number of benzene rings is 2. The Balaban J connectivity index is 2.03. The molecule has 2 aromatic rings. The van der Waals surface area contributed by atoms with Gasteiger partial charge in [-0.05, 0) is 30.7 Å². The number of aryl methyl sites for hydroxylation is 1. The number of terminal acetylenes is 1. The van der Waals surface area contributed by atoms with Crippen molar-refractivity contribution in [1.29, 1.82) is 0 Å². The van der Waals surface area contributed by atoms with Gasteiger partial charge in [0.25, 0.3) is 0 Å². The fourth-order valence-electron chi connectivity index (χ4n) is 1.90. The molecule has 0 aliphatic heterocycles. The lowest BCUT2D eigenvalue weighted by Crippen LogP contribution is -2.14. The molecule has 19 heavy (non-hydrogen) atoms. The van der Waals surface area contributed by atoms with E-state index in [-0.39, 0.29) is 5.91 Å². The highest BCUT2D eigenvalue weighted by atomic mass is 16.1. The van der Waals surface area contributed by atoms with Crippen molar-refractivity contribution in [2.24, 2.45) is 0 Å². The molecule has 0 fully saturated rings. The number of rotatable bonds is 3. The number of amides is 1. The Bertz CT molecular complexity index is 638. The summed E-state index contributed by atoms with van der Waals surface area (Å²) in [4.78, 5) is 11.9. The molecule has 2 aromatic carbocycles. The monoisotopic (exact) mass is 249 g/mol. The Morgan fingerprint density at radius 3 is 2.74 bits per heavy atom. The summed E-state index contributed by atoms with van der Waals surface area (Å²) in [6.45, 7) is 2.01. The second-order valence-electron chi connectivity index (χ2n) is 4.44. The lowest BCUT2D eigenvalue weighted by molar-refractivity contribution is -0.115. The molecule has 94 valence electrons. The van der Waals surface area contributed by atoms with Crippen LogP contribution in [0.3, 0.4) is 0 Å². The quantitative estimate of drug-likeness (QED) is 0.832. The molecule has 0 saturated heterocycles. The molecule has 0 aliphatic rings. The third-order valence-corrected chi connectivity index (χ3v) is 2.76. The Morgan fingerprint density at radius 2 is 2.00 bits per heavy atom. The summed E-state index contributed by atoms with van der Waals surface area (Å²) in [6, 6.07) is 15.2. The molecule has 0 aliphatic carbocycles. The smallest absolute Gasteiger partial charge is 0.228 e. The lowest BCUT2D eigenvalue weighted by atomic mass is 10.1. The molecular formula is C17H15NO. The summed E-state index contributed by atoms with van der Waals surface area (Å²) in [7, 11) is 0. The van der Waals surface area contributed by atoms with Crippen molar-refractivity contribution < 1.29 is 4.79 Å². The van der Waals surface area contributed by atoms with Gasteiger partial charge in [-0.15, -0.1) is 6.42 Å². The maximum Gasteiger partial charge on any atom is 0.228 e. The summed E-state index contributed by atoms with van der Waals surface area (Å²) in [5, 5.41) is 2.85. The molecule has 0 saturated carbocycles. The average Bonchev–Trinajstić information content (AvgIpc) is 2.38. The van der Waals surface area contributed by atoms with E-state index in [9.17, 15) is 4.79 Å². The van der Waals surface area contributed by atoms with Gasteiger partial charge in [0, 0.05) is 11.3 Å². The van der Waals surface area contributed by atoms with Crippen LogP contribution in [0.25, 0.3) is 0 Å². The Morgan fingerprint density at radius 1 is 1.21 bits per heavy atom. The van der Waals surface area contributed by atoms with E-state index in [1.165, 1.54) is 0 Å². The van der Waals surface area contributed by atoms with Gasteiger partial charge < -0.3 is 5.32 Å². The van der Waals surface area contributed by atoms with Crippen molar-refractivity contribution >= 4 is 11.6 Å². The van der Waals surface area contributed by atoms with Gasteiger partial charge in [0.05, 0.1) is 6.42 Å². The molecule has 2 heteroatoms. The second-order valence-corrected chi connectivity index (χ2v) is 4.44. The zero-order chi connectivity index (χ0) is 13.7. The maximum atomic E-state index is 11.9. The summed E-state index contributed by atoms with van der Waals surface area (Å²) in [5.74, 6) is 2.50. The molecule has 0 bridgehead atoms. The van der Waals surface area contributed by atoms with Crippen molar-refractivity contribution in [2.45, 2.75) is 13.3 Å². The first-order valence-corrected chi connectivity index (χ1v) is 6.09. The number of hydrogen-bond donors (Lipinski definition) is 1. The molecule has 0 aromatic heterocycles. The SMILES string of the molecule is C#Cc1cccc(NC(=O)Cc2cccc(C)c2)c1. The van der Waals surface area contributed by atoms with Crippen LogP contribution in [-0.2, 0) is 11.2 Å². The average molecular weight is 249 g/mol. The molecule has 1 N–H and O–H groups in total. The van der Waals surface area contributed by atoms with Crippen molar-refractivity contribution in [3.63, 3.8) is 0 Å². The van der Waals surface area contributed by atoms with Crippen molar-refractivity contribution in [2.75, 3.05) is 5.32 Å².